The van der Waals surface area contributed by atoms with Crippen molar-refractivity contribution in [3.05, 3.63) is 43.8 Å². The number of ether oxygens (including phenoxy) is 1. The number of rotatable bonds is 7. The zero-order valence-electron chi connectivity index (χ0n) is 17.9. The number of aromatic nitrogens is 3. The summed E-state index contributed by atoms with van der Waals surface area (Å²) in [5.41, 5.74) is 3.94. The molecule has 0 saturated heterocycles. The second kappa shape index (κ2) is 8.69. The maximum atomic E-state index is 13.4. The molecule has 0 atom stereocenters. The van der Waals surface area contributed by atoms with Crippen molar-refractivity contribution in [2.75, 3.05) is 19.5 Å². The van der Waals surface area contributed by atoms with Gasteiger partial charge in [0.05, 0.1) is 24.3 Å². The monoisotopic (exact) mass is 445 g/mol. The summed E-state index contributed by atoms with van der Waals surface area (Å²) in [6.45, 7) is 4.81. The van der Waals surface area contributed by atoms with E-state index in [0.717, 1.165) is 46.4 Å². The van der Waals surface area contributed by atoms with E-state index in [1.165, 1.54) is 28.6 Å². The van der Waals surface area contributed by atoms with E-state index in [9.17, 15) is 9.59 Å². The number of Topliss-reactive ketones (excluding diaryl/α,β-unsaturated/α-hetero) is 1. The fourth-order valence-corrected chi connectivity index (χ4v) is 6.27. The number of aryl methyl sites for hydroxylation is 3. The molecule has 0 fully saturated rings. The number of methoxy groups -OCH3 is 1. The van der Waals surface area contributed by atoms with Crippen molar-refractivity contribution < 1.29 is 9.53 Å². The number of carbonyl (C=O) groups is 1. The third-order valence-corrected chi connectivity index (χ3v) is 8.13. The summed E-state index contributed by atoms with van der Waals surface area (Å²) >= 11 is 2.99. The average molecular weight is 446 g/mol. The van der Waals surface area contributed by atoms with Crippen molar-refractivity contribution in [2.24, 2.45) is 7.05 Å². The van der Waals surface area contributed by atoms with Gasteiger partial charge in [-0.3, -0.25) is 14.2 Å². The van der Waals surface area contributed by atoms with Crippen LogP contribution in [0.2, 0.25) is 0 Å². The Balaban J connectivity index is 1.69. The zero-order valence-corrected chi connectivity index (χ0v) is 19.5. The molecule has 6 nitrogen and oxygen atoms in total. The van der Waals surface area contributed by atoms with E-state index >= 15 is 0 Å². The summed E-state index contributed by atoms with van der Waals surface area (Å²) in [4.78, 5) is 33.2. The molecule has 3 aromatic heterocycles. The summed E-state index contributed by atoms with van der Waals surface area (Å²) < 4.78 is 8.93. The highest BCUT2D eigenvalue weighted by molar-refractivity contribution is 7.99. The number of thioether (sulfide) groups is 1. The molecule has 0 spiro atoms. The number of hydrogen-bond acceptors (Lipinski definition) is 6. The van der Waals surface area contributed by atoms with Gasteiger partial charge in [-0.2, -0.15) is 0 Å². The summed E-state index contributed by atoms with van der Waals surface area (Å²) in [6.07, 6.45) is 4.27. The molecule has 3 heterocycles. The SMILES string of the molecule is COCCn1c(SCC(=O)c2cc(C)n(C)c2C)nc2sc3c(c2c1=O)CCCC3. The van der Waals surface area contributed by atoms with Gasteiger partial charge in [0.15, 0.2) is 10.9 Å². The molecule has 0 N–H and O–H groups in total. The van der Waals surface area contributed by atoms with Gasteiger partial charge in [0.1, 0.15) is 4.83 Å². The van der Waals surface area contributed by atoms with E-state index < -0.39 is 0 Å². The number of ketones is 1. The Bertz CT molecular complexity index is 1170. The molecule has 1 aliphatic carbocycles. The molecular formula is C22H27N3O3S2. The molecule has 160 valence electrons. The molecule has 4 rings (SSSR count). The van der Waals surface area contributed by atoms with Crippen LogP contribution in [0.15, 0.2) is 16.0 Å². The van der Waals surface area contributed by atoms with Crippen LogP contribution in [-0.4, -0.2) is 39.4 Å². The lowest BCUT2D eigenvalue weighted by molar-refractivity contribution is 0.102. The highest BCUT2D eigenvalue weighted by atomic mass is 32.2. The fraction of sp³-hybridized carbons (Fsp3) is 0.500. The van der Waals surface area contributed by atoms with E-state index in [1.54, 1.807) is 23.0 Å². The standard InChI is InChI=1S/C22H27N3O3S2/c1-13-11-16(14(2)24(13)3)17(26)12-29-22-23-20-19(21(27)25(22)9-10-28-4)15-7-5-6-8-18(15)30-20/h11H,5-10,12H2,1-4H3. The van der Waals surface area contributed by atoms with Crippen molar-refractivity contribution in [3.63, 3.8) is 0 Å². The van der Waals surface area contributed by atoms with Gasteiger partial charge in [-0.05, 0) is 51.2 Å². The molecule has 0 radical (unpaired) electrons. The van der Waals surface area contributed by atoms with Crippen LogP contribution in [-0.2, 0) is 31.2 Å². The Hall–Kier alpha value is -1.90. The molecule has 0 bridgehead atoms. The summed E-state index contributed by atoms with van der Waals surface area (Å²) in [5, 5.41) is 1.37. The molecule has 30 heavy (non-hydrogen) atoms. The molecule has 0 unspecified atom stereocenters. The van der Waals surface area contributed by atoms with E-state index in [2.05, 4.69) is 0 Å². The normalized spacial score (nSPS) is 13.7. The third-order valence-electron chi connectivity index (χ3n) is 5.97. The van der Waals surface area contributed by atoms with E-state index in [0.29, 0.717) is 18.3 Å². The first-order valence-corrected chi connectivity index (χ1v) is 12.1. The minimum atomic E-state index is -0.00173. The summed E-state index contributed by atoms with van der Waals surface area (Å²) in [7, 11) is 3.59. The van der Waals surface area contributed by atoms with Crippen molar-refractivity contribution in [3.8, 4) is 0 Å². The second-order valence-corrected chi connectivity index (χ2v) is 9.82. The van der Waals surface area contributed by atoms with E-state index in [1.807, 2.05) is 31.5 Å². The Labute approximate surface area is 184 Å². The van der Waals surface area contributed by atoms with Crippen LogP contribution in [0.25, 0.3) is 10.2 Å². The van der Waals surface area contributed by atoms with Gasteiger partial charge in [0, 0.05) is 36.0 Å². The molecule has 3 aromatic rings. The number of hydrogen-bond donors (Lipinski definition) is 0. The predicted molar refractivity (Wildman–Crippen MR) is 122 cm³/mol. The van der Waals surface area contributed by atoms with Crippen molar-refractivity contribution in [1.29, 1.82) is 0 Å². The minimum Gasteiger partial charge on any atom is -0.383 e. The maximum absolute atomic E-state index is 13.4. The molecule has 0 amide bonds. The van der Waals surface area contributed by atoms with Gasteiger partial charge in [-0.15, -0.1) is 11.3 Å². The lowest BCUT2D eigenvalue weighted by Gasteiger charge is -2.13. The highest BCUT2D eigenvalue weighted by Gasteiger charge is 2.23. The minimum absolute atomic E-state index is 0.00173. The van der Waals surface area contributed by atoms with E-state index in [4.69, 9.17) is 9.72 Å². The third kappa shape index (κ3) is 3.76. The largest absolute Gasteiger partial charge is 0.383 e. The first-order chi connectivity index (χ1) is 14.4. The molecule has 0 aliphatic heterocycles. The first kappa shape index (κ1) is 21.3. The highest BCUT2D eigenvalue weighted by Crippen LogP contribution is 2.34. The van der Waals surface area contributed by atoms with Crippen molar-refractivity contribution in [2.45, 2.75) is 51.2 Å². The van der Waals surface area contributed by atoms with Crippen LogP contribution < -0.4 is 5.56 Å². The van der Waals surface area contributed by atoms with Gasteiger partial charge in [-0.1, -0.05) is 11.8 Å². The van der Waals surface area contributed by atoms with Crippen LogP contribution in [0, 0.1) is 13.8 Å². The second-order valence-electron chi connectivity index (χ2n) is 7.79. The smallest absolute Gasteiger partial charge is 0.263 e. The van der Waals surface area contributed by atoms with Crippen LogP contribution in [0.1, 0.15) is 45.0 Å². The molecule has 0 aromatic carbocycles. The molecule has 0 saturated carbocycles. The van der Waals surface area contributed by atoms with Crippen molar-refractivity contribution >= 4 is 39.1 Å². The van der Waals surface area contributed by atoms with Crippen LogP contribution in [0.5, 0.6) is 0 Å². The van der Waals surface area contributed by atoms with Crippen molar-refractivity contribution in [1.82, 2.24) is 14.1 Å². The van der Waals surface area contributed by atoms with Crippen LogP contribution in [0.4, 0.5) is 0 Å². The zero-order chi connectivity index (χ0) is 21.4. The average Bonchev–Trinajstić information content (AvgIpc) is 3.24. The van der Waals surface area contributed by atoms with Gasteiger partial charge in [0.2, 0.25) is 0 Å². The number of nitrogens with zero attached hydrogens (tertiary/aromatic N) is 3. The van der Waals surface area contributed by atoms with Gasteiger partial charge < -0.3 is 9.30 Å². The van der Waals surface area contributed by atoms with Gasteiger partial charge in [-0.25, -0.2) is 4.98 Å². The lowest BCUT2D eigenvalue weighted by Crippen LogP contribution is -2.26. The Morgan fingerprint density at radius 3 is 2.77 bits per heavy atom. The fourth-order valence-electron chi connectivity index (χ4n) is 4.06. The lowest BCUT2D eigenvalue weighted by atomic mass is 9.97. The number of carbonyl (C=O) groups excluding carboxylic acids is 1. The van der Waals surface area contributed by atoms with Crippen LogP contribution >= 0.6 is 23.1 Å². The van der Waals surface area contributed by atoms with E-state index in [-0.39, 0.29) is 17.1 Å². The first-order valence-electron chi connectivity index (χ1n) is 10.2. The Morgan fingerprint density at radius 1 is 1.30 bits per heavy atom. The molecule has 8 heteroatoms. The molecule has 1 aliphatic rings. The number of fused-ring (bicyclic) bond motifs is 3. The molecular weight excluding hydrogens is 418 g/mol. The topological polar surface area (TPSA) is 66.1 Å². The predicted octanol–water partition coefficient (Wildman–Crippen LogP) is 3.91. The Kier molecular flexibility index (Phi) is 6.18. The van der Waals surface area contributed by atoms with Gasteiger partial charge >= 0.3 is 0 Å². The number of thiophene rings is 1. The summed E-state index contributed by atoms with van der Waals surface area (Å²) in [5.74, 6) is 0.305. The maximum Gasteiger partial charge on any atom is 0.263 e. The quantitative estimate of drug-likeness (QED) is 0.313. The Morgan fingerprint density at radius 2 is 2.07 bits per heavy atom. The van der Waals surface area contributed by atoms with Crippen LogP contribution in [0.3, 0.4) is 0 Å². The van der Waals surface area contributed by atoms with Gasteiger partial charge in [0.25, 0.3) is 5.56 Å². The summed E-state index contributed by atoms with van der Waals surface area (Å²) in [6, 6.07) is 1.93.